The maximum atomic E-state index is 13.8. The minimum Gasteiger partial charge on any atom is -0.352 e. The number of carbonyl (C=O) groups excluding carboxylic acids is 2. The molecule has 2 unspecified atom stereocenters. The summed E-state index contributed by atoms with van der Waals surface area (Å²) in [5, 5.41) is 5.39. The Morgan fingerprint density at radius 2 is 1.62 bits per heavy atom. The predicted molar refractivity (Wildman–Crippen MR) is 158 cm³/mol. The van der Waals surface area contributed by atoms with Crippen molar-refractivity contribution in [3.63, 3.8) is 0 Å². The Balaban J connectivity index is 1.39. The van der Waals surface area contributed by atoms with E-state index in [0.29, 0.717) is 18.5 Å². The molecule has 1 saturated carbocycles. The van der Waals surface area contributed by atoms with E-state index in [0.717, 1.165) is 44.3 Å². The fourth-order valence-electron chi connectivity index (χ4n) is 5.82. The maximum absolute atomic E-state index is 13.8. The quantitative estimate of drug-likeness (QED) is 0.417. The Hall–Kier alpha value is -3.00. The molecule has 3 aromatic rings. The zero-order chi connectivity index (χ0) is 27.4. The number of nitrogens with two attached hydrogens (primary N) is 1. The number of nitrogens with zero attached hydrogens (tertiary/aromatic N) is 2. The van der Waals surface area contributed by atoms with E-state index in [4.69, 9.17) is 5.73 Å². The number of amides is 2. The largest absolute Gasteiger partial charge is 0.352 e. The fourth-order valence-corrected chi connectivity index (χ4v) is 6.55. The lowest BCUT2D eigenvalue weighted by Gasteiger charge is -2.30. The van der Waals surface area contributed by atoms with Crippen LogP contribution in [0.5, 0.6) is 0 Å². The van der Waals surface area contributed by atoms with Gasteiger partial charge in [-0.25, -0.2) is 0 Å². The van der Waals surface area contributed by atoms with E-state index in [1.807, 2.05) is 36.1 Å². The van der Waals surface area contributed by atoms with Crippen molar-refractivity contribution in [2.75, 3.05) is 6.54 Å². The van der Waals surface area contributed by atoms with Gasteiger partial charge in [0.15, 0.2) is 0 Å². The van der Waals surface area contributed by atoms with E-state index < -0.39 is 6.04 Å². The molecule has 2 aliphatic rings. The molecular weight excluding hydrogens is 504 g/mol. The second-order valence-electron chi connectivity index (χ2n) is 11.3. The third-order valence-corrected chi connectivity index (χ3v) is 9.08. The molecular formula is C32H40N4O2S. The second kappa shape index (κ2) is 12.5. The first kappa shape index (κ1) is 27.6. The normalized spacial score (nSPS) is 23.2. The van der Waals surface area contributed by atoms with Crippen LogP contribution in [0.2, 0.25) is 0 Å². The van der Waals surface area contributed by atoms with E-state index in [1.165, 1.54) is 16.0 Å². The van der Waals surface area contributed by atoms with Gasteiger partial charge >= 0.3 is 0 Å². The molecule has 0 bridgehead atoms. The van der Waals surface area contributed by atoms with Gasteiger partial charge in [-0.2, -0.15) is 0 Å². The third kappa shape index (κ3) is 6.96. The molecule has 0 spiro atoms. The van der Waals surface area contributed by atoms with Gasteiger partial charge in [0, 0.05) is 48.2 Å². The summed E-state index contributed by atoms with van der Waals surface area (Å²) in [5.74, 6) is -0.112. The molecule has 2 amide bonds. The smallest absolute Gasteiger partial charge is 0.254 e. The van der Waals surface area contributed by atoms with Gasteiger partial charge in [0.05, 0.1) is 0 Å². The van der Waals surface area contributed by atoms with Crippen molar-refractivity contribution in [2.45, 2.75) is 83.2 Å². The van der Waals surface area contributed by atoms with Crippen molar-refractivity contribution in [1.82, 2.24) is 15.1 Å². The Morgan fingerprint density at radius 3 is 2.26 bits per heavy atom. The molecule has 1 saturated heterocycles. The SMILES string of the molecule is Cc1ccc(CN(Cc2cccs2)C2CC(C(=O)NC3CCC(N)CC3)N(C(=O)c3ccc(C)cc3)C2)cc1. The zero-order valence-electron chi connectivity index (χ0n) is 23.0. The number of hydrogen-bond acceptors (Lipinski definition) is 5. The van der Waals surface area contributed by atoms with E-state index in [2.05, 4.69) is 58.9 Å². The minimum absolute atomic E-state index is 0.0372. The van der Waals surface area contributed by atoms with Gasteiger partial charge in [0.25, 0.3) is 5.91 Å². The molecule has 1 aliphatic carbocycles. The van der Waals surface area contributed by atoms with Crippen LogP contribution in [0, 0.1) is 13.8 Å². The monoisotopic (exact) mass is 544 g/mol. The summed E-state index contributed by atoms with van der Waals surface area (Å²) in [5.41, 5.74) is 10.3. The number of benzene rings is 2. The highest BCUT2D eigenvalue weighted by atomic mass is 32.1. The lowest BCUT2D eigenvalue weighted by molar-refractivity contribution is -0.125. The van der Waals surface area contributed by atoms with Crippen molar-refractivity contribution in [2.24, 2.45) is 5.73 Å². The van der Waals surface area contributed by atoms with Crippen LogP contribution in [0.1, 0.15) is 64.0 Å². The van der Waals surface area contributed by atoms with E-state index in [9.17, 15) is 9.59 Å². The summed E-state index contributed by atoms with van der Waals surface area (Å²) >= 11 is 1.75. The van der Waals surface area contributed by atoms with Gasteiger partial charge in [0.1, 0.15) is 6.04 Å². The summed E-state index contributed by atoms with van der Waals surface area (Å²) in [4.78, 5) is 33.1. The van der Waals surface area contributed by atoms with E-state index in [-0.39, 0.29) is 29.9 Å². The van der Waals surface area contributed by atoms with Crippen LogP contribution in [-0.4, -0.2) is 52.3 Å². The van der Waals surface area contributed by atoms with Crippen molar-refractivity contribution < 1.29 is 9.59 Å². The second-order valence-corrected chi connectivity index (χ2v) is 12.4. The number of nitrogens with one attached hydrogen (secondary N) is 1. The topological polar surface area (TPSA) is 78.7 Å². The van der Waals surface area contributed by atoms with Crippen molar-refractivity contribution >= 4 is 23.2 Å². The number of likely N-dealkylation sites (tertiary alicyclic amines) is 1. The number of carbonyl (C=O) groups is 2. The van der Waals surface area contributed by atoms with Gasteiger partial charge in [0.2, 0.25) is 5.91 Å². The number of hydrogen-bond donors (Lipinski definition) is 2. The molecule has 7 heteroatoms. The molecule has 2 atom stereocenters. The van der Waals surface area contributed by atoms with Crippen LogP contribution in [0.4, 0.5) is 0 Å². The van der Waals surface area contributed by atoms with Gasteiger partial charge in [-0.1, -0.05) is 53.6 Å². The van der Waals surface area contributed by atoms with Crippen LogP contribution in [0.3, 0.4) is 0 Å². The summed E-state index contributed by atoms with van der Waals surface area (Å²) in [6, 6.07) is 20.5. The lowest BCUT2D eigenvalue weighted by Crippen LogP contribution is -2.50. The Kier molecular flexibility index (Phi) is 8.80. The Labute approximate surface area is 236 Å². The average molecular weight is 545 g/mol. The third-order valence-electron chi connectivity index (χ3n) is 8.22. The number of rotatable bonds is 8. The highest BCUT2D eigenvalue weighted by Crippen LogP contribution is 2.29. The molecule has 39 heavy (non-hydrogen) atoms. The first-order valence-electron chi connectivity index (χ1n) is 14.1. The molecule has 2 fully saturated rings. The molecule has 0 radical (unpaired) electrons. The lowest BCUT2D eigenvalue weighted by atomic mass is 9.91. The Bertz CT molecular complexity index is 1230. The molecule has 1 aromatic heterocycles. The van der Waals surface area contributed by atoms with Crippen LogP contribution < -0.4 is 11.1 Å². The van der Waals surface area contributed by atoms with Gasteiger partial charge in [-0.15, -0.1) is 11.3 Å². The van der Waals surface area contributed by atoms with Crippen LogP contribution in [0.25, 0.3) is 0 Å². The van der Waals surface area contributed by atoms with Crippen LogP contribution in [0.15, 0.2) is 66.0 Å². The number of aryl methyl sites for hydroxylation is 2. The summed E-state index contributed by atoms with van der Waals surface area (Å²) in [6.07, 6.45) is 4.26. The highest BCUT2D eigenvalue weighted by Gasteiger charge is 2.42. The van der Waals surface area contributed by atoms with Crippen molar-refractivity contribution in [3.05, 3.63) is 93.2 Å². The molecule has 3 N–H and O–H groups in total. The van der Waals surface area contributed by atoms with E-state index >= 15 is 0 Å². The maximum Gasteiger partial charge on any atom is 0.254 e. The summed E-state index contributed by atoms with van der Waals surface area (Å²) in [6.45, 7) is 6.20. The molecule has 206 valence electrons. The first-order chi connectivity index (χ1) is 18.9. The first-order valence-corrected chi connectivity index (χ1v) is 15.0. The summed E-state index contributed by atoms with van der Waals surface area (Å²) < 4.78 is 0. The molecule has 6 nitrogen and oxygen atoms in total. The van der Waals surface area contributed by atoms with E-state index in [1.54, 1.807) is 11.3 Å². The van der Waals surface area contributed by atoms with Crippen LogP contribution >= 0.6 is 11.3 Å². The highest BCUT2D eigenvalue weighted by molar-refractivity contribution is 7.09. The predicted octanol–water partition coefficient (Wildman–Crippen LogP) is 5.04. The average Bonchev–Trinajstić information content (AvgIpc) is 3.61. The molecule has 5 rings (SSSR count). The van der Waals surface area contributed by atoms with Crippen molar-refractivity contribution in [3.8, 4) is 0 Å². The standard InChI is InChI=1S/C32H40N4O2S/c1-22-5-9-24(10-6-22)19-35(21-29-4-3-17-39-29)28-18-30(31(37)34-27-15-13-26(33)14-16-27)36(20-28)32(38)25-11-7-23(2)8-12-25/h3-12,17,26-28,30H,13-16,18-21,33H2,1-2H3,(H,34,37). The van der Waals surface area contributed by atoms with Crippen LogP contribution in [-0.2, 0) is 17.9 Å². The number of thiophene rings is 1. The van der Waals surface area contributed by atoms with Gasteiger partial charge in [-0.3, -0.25) is 14.5 Å². The minimum atomic E-state index is -0.497. The molecule has 1 aliphatic heterocycles. The molecule has 2 aromatic carbocycles. The van der Waals surface area contributed by atoms with Gasteiger partial charge in [-0.05, 0) is 75.1 Å². The van der Waals surface area contributed by atoms with Crippen molar-refractivity contribution in [1.29, 1.82) is 0 Å². The fraction of sp³-hybridized carbons (Fsp3) is 0.438. The summed E-state index contributed by atoms with van der Waals surface area (Å²) in [7, 11) is 0. The zero-order valence-corrected chi connectivity index (χ0v) is 23.8. The van der Waals surface area contributed by atoms with Gasteiger partial charge < -0.3 is 16.0 Å². The Morgan fingerprint density at radius 1 is 0.949 bits per heavy atom. The molecule has 2 heterocycles.